The molecule has 3 aromatic rings. The number of nitrogens with one attached hydrogen (secondary N) is 2. The van der Waals surface area contributed by atoms with Gasteiger partial charge in [-0.1, -0.05) is 6.07 Å². The van der Waals surface area contributed by atoms with Crippen LogP contribution in [0.15, 0.2) is 72.8 Å². The number of amides is 3. The Bertz CT molecular complexity index is 1340. The van der Waals surface area contributed by atoms with Crippen molar-refractivity contribution in [3.05, 3.63) is 90.0 Å². The smallest absolute Gasteiger partial charge is 0.269 e. The van der Waals surface area contributed by atoms with E-state index in [-0.39, 0.29) is 22.8 Å². The van der Waals surface area contributed by atoms with E-state index in [1.54, 1.807) is 24.3 Å². The van der Waals surface area contributed by atoms with Gasteiger partial charge in [0.15, 0.2) is 0 Å². The van der Waals surface area contributed by atoms with Crippen LogP contribution in [0.1, 0.15) is 23.7 Å². The lowest BCUT2D eigenvalue weighted by Gasteiger charge is -2.24. The van der Waals surface area contributed by atoms with E-state index in [2.05, 4.69) is 10.7 Å². The molecule has 1 atom stereocenters. The van der Waals surface area contributed by atoms with Crippen LogP contribution >= 0.6 is 12.2 Å². The minimum absolute atomic E-state index is 0.00642. The monoisotopic (exact) mass is 524 g/mol. The molecule has 3 aromatic carbocycles. The van der Waals surface area contributed by atoms with Crippen molar-refractivity contribution < 1.29 is 27.9 Å². The normalized spacial score (nSPS) is 15.1. The Morgan fingerprint density at radius 2 is 1.70 bits per heavy atom. The molecule has 3 amide bonds. The number of carbonyl (C=O) groups is 3. The number of rotatable bonds is 8. The number of nitrogens with zero attached hydrogens (tertiary/aromatic N) is 2. The van der Waals surface area contributed by atoms with E-state index in [9.17, 15) is 23.2 Å². The molecule has 0 spiro atoms. The average molecular weight is 525 g/mol. The summed E-state index contributed by atoms with van der Waals surface area (Å²) >= 11 is 5.45. The van der Waals surface area contributed by atoms with Gasteiger partial charge in [0, 0.05) is 11.3 Å². The van der Waals surface area contributed by atoms with E-state index >= 15 is 0 Å². The van der Waals surface area contributed by atoms with Crippen LogP contribution in [0.4, 0.5) is 20.2 Å². The highest BCUT2D eigenvalue weighted by Crippen LogP contribution is 2.27. The molecule has 0 radical (unpaired) electrons. The number of benzene rings is 3. The lowest BCUT2D eigenvalue weighted by Crippen LogP contribution is -2.49. The standard InChI is InChI=1S/C26H22F2N4O4S/c1-2-36-21-12-8-19(9-13-21)29-23(33)15-22-25(35)31(20-10-6-17(27)7-11-20)26(37)32(22)30-24(34)16-4-3-5-18(28)14-16/h3-14,22H,2,15H2,1H3,(H,29,33)(H,30,34). The van der Waals surface area contributed by atoms with E-state index in [1.165, 1.54) is 30.3 Å². The van der Waals surface area contributed by atoms with Crippen molar-refractivity contribution in [2.24, 2.45) is 0 Å². The number of halogens is 2. The zero-order chi connectivity index (χ0) is 26.5. The SMILES string of the molecule is CCOc1ccc(NC(=O)CC2C(=O)N(c3ccc(F)cc3)C(=S)N2NC(=O)c2cccc(F)c2)cc1. The fourth-order valence-corrected chi connectivity index (χ4v) is 4.09. The highest BCUT2D eigenvalue weighted by atomic mass is 32.1. The van der Waals surface area contributed by atoms with Crippen LogP contribution < -0.4 is 20.4 Å². The number of hydrazine groups is 1. The molecule has 0 aromatic heterocycles. The molecule has 1 fully saturated rings. The molecule has 2 N–H and O–H groups in total. The van der Waals surface area contributed by atoms with Crippen LogP contribution in [0.2, 0.25) is 0 Å². The summed E-state index contributed by atoms with van der Waals surface area (Å²) in [5, 5.41) is 3.67. The van der Waals surface area contributed by atoms with E-state index in [1.807, 2.05) is 6.92 Å². The van der Waals surface area contributed by atoms with Gasteiger partial charge in [0.25, 0.3) is 11.8 Å². The molecule has 0 bridgehead atoms. The first-order valence-corrected chi connectivity index (χ1v) is 11.7. The van der Waals surface area contributed by atoms with Crippen molar-refractivity contribution in [1.29, 1.82) is 0 Å². The first kappa shape index (κ1) is 25.7. The third kappa shape index (κ3) is 5.89. The second kappa shape index (κ2) is 11.1. The minimum atomic E-state index is -1.21. The van der Waals surface area contributed by atoms with Crippen LogP contribution in [-0.4, -0.2) is 40.5 Å². The summed E-state index contributed by atoms with van der Waals surface area (Å²) in [7, 11) is 0. The van der Waals surface area contributed by atoms with Gasteiger partial charge in [0.2, 0.25) is 11.0 Å². The molecule has 1 heterocycles. The molecule has 190 valence electrons. The Morgan fingerprint density at radius 1 is 1.00 bits per heavy atom. The van der Waals surface area contributed by atoms with Crippen LogP contribution in [0.3, 0.4) is 0 Å². The van der Waals surface area contributed by atoms with Gasteiger partial charge in [-0.3, -0.25) is 24.7 Å². The maximum absolute atomic E-state index is 13.6. The molecule has 1 aliphatic rings. The highest BCUT2D eigenvalue weighted by molar-refractivity contribution is 7.80. The van der Waals surface area contributed by atoms with Gasteiger partial charge in [-0.2, -0.15) is 0 Å². The molecule has 8 nitrogen and oxygen atoms in total. The van der Waals surface area contributed by atoms with Crippen LogP contribution in [0.25, 0.3) is 0 Å². The zero-order valence-corrected chi connectivity index (χ0v) is 20.4. The van der Waals surface area contributed by atoms with Gasteiger partial charge >= 0.3 is 0 Å². The number of anilines is 2. The van der Waals surface area contributed by atoms with Crippen molar-refractivity contribution in [3.63, 3.8) is 0 Å². The lowest BCUT2D eigenvalue weighted by atomic mass is 10.1. The van der Waals surface area contributed by atoms with Crippen LogP contribution in [0, 0.1) is 11.6 Å². The Kier molecular flexibility index (Phi) is 7.73. The van der Waals surface area contributed by atoms with Crippen LogP contribution in [-0.2, 0) is 9.59 Å². The first-order valence-electron chi connectivity index (χ1n) is 11.3. The lowest BCUT2D eigenvalue weighted by molar-refractivity contribution is -0.124. The Labute approximate surface area is 216 Å². The van der Waals surface area contributed by atoms with Crippen molar-refractivity contribution in [3.8, 4) is 5.75 Å². The summed E-state index contributed by atoms with van der Waals surface area (Å²) in [5.41, 5.74) is 3.24. The summed E-state index contributed by atoms with van der Waals surface area (Å²) in [4.78, 5) is 40.2. The third-order valence-corrected chi connectivity index (χ3v) is 5.82. The van der Waals surface area contributed by atoms with Gasteiger partial charge in [-0.05, 0) is 85.9 Å². The number of hydrogen-bond acceptors (Lipinski definition) is 5. The van der Waals surface area contributed by atoms with Crippen molar-refractivity contribution in [2.45, 2.75) is 19.4 Å². The molecular formula is C26H22F2N4O4S. The van der Waals surface area contributed by atoms with Crippen molar-refractivity contribution in [2.75, 3.05) is 16.8 Å². The van der Waals surface area contributed by atoms with E-state index in [4.69, 9.17) is 17.0 Å². The van der Waals surface area contributed by atoms with E-state index in [0.717, 1.165) is 28.1 Å². The van der Waals surface area contributed by atoms with Crippen LogP contribution in [0.5, 0.6) is 5.75 Å². The Balaban J connectivity index is 1.57. The third-order valence-electron chi connectivity index (χ3n) is 5.44. The number of hydrogen-bond donors (Lipinski definition) is 2. The second-order valence-electron chi connectivity index (χ2n) is 7.98. The maximum atomic E-state index is 13.6. The predicted octanol–water partition coefficient (Wildman–Crippen LogP) is 4.04. The van der Waals surface area contributed by atoms with E-state index < -0.39 is 35.4 Å². The number of ether oxygens (including phenoxy) is 1. The molecule has 1 aliphatic heterocycles. The summed E-state index contributed by atoms with van der Waals surface area (Å²) in [6.45, 7) is 2.35. The van der Waals surface area contributed by atoms with E-state index in [0.29, 0.717) is 18.0 Å². The number of carbonyl (C=O) groups excluding carboxylic acids is 3. The second-order valence-corrected chi connectivity index (χ2v) is 8.34. The zero-order valence-electron chi connectivity index (χ0n) is 19.6. The molecule has 11 heteroatoms. The first-order chi connectivity index (χ1) is 17.8. The summed E-state index contributed by atoms with van der Waals surface area (Å²) in [6.07, 6.45) is -0.368. The minimum Gasteiger partial charge on any atom is -0.494 e. The molecule has 37 heavy (non-hydrogen) atoms. The molecule has 0 saturated carbocycles. The summed E-state index contributed by atoms with van der Waals surface area (Å²) in [5.74, 6) is -2.34. The van der Waals surface area contributed by atoms with Gasteiger partial charge < -0.3 is 10.1 Å². The molecule has 1 unspecified atom stereocenters. The van der Waals surface area contributed by atoms with Gasteiger partial charge in [0.1, 0.15) is 23.4 Å². The Morgan fingerprint density at radius 3 is 2.35 bits per heavy atom. The summed E-state index contributed by atoms with van der Waals surface area (Å²) < 4.78 is 32.5. The average Bonchev–Trinajstić information content (AvgIpc) is 3.10. The predicted molar refractivity (Wildman–Crippen MR) is 137 cm³/mol. The van der Waals surface area contributed by atoms with Crippen molar-refractivity contribution >= 4 is 46.4 Å². The molecule has 0 aliphatic carbocycles. The summed E-state index contributed by atoms with van der Waals surface area (Å²) in [6, 6.07) is 15.5. The highest BCUT2D eigenvalue weighted by Gasteiger charge is 2.45. The maximum Gasteiger partial charge on any atom is 0.269 e. The molecule has 4 rings (SSSR count). The van der Waals surface area contributed by atoms with Gasteiger partial charge in [-0.25, -0.2) is 13.8 Å². The fourth-order valence-electron chi connectivity index (χ4n) is 3.72. The quantitative estimate of drug-likeness (QED) is 0.433. The fraction of sp³-hybridized carbons (Fsp3) is 0.154. The van der Waals surface area contributed by atoms with Gasteiger partial charge in [0.05, 0.1) is 18.7 Å². The largest absolute Gasteiger partial charge is 0.494 e. The molecular weight excluding hydrogens is 502 g/mol. The topological polar surface area (TPSA) is 91.0 Å². The Hall–Kier alpha value is -4.38. The molecule has 1 saturated heterocycles. The number of thiocarbonyl (C=S) groups is 1. The van der Waals surface area contributed by atoms with Crippen molar-refractivity contribution in [1.82, 2.24) is 10.4 Å². The van der Waals surface area contributed by atoms with Gasteiger partial charge in [-0.15, -0.1) is 0 Å².